The van der Waals surface area contributed by atoms with Crippen LogP contribution < -0.4 is 0 Å². The molecule has 0 spiro atoms. The number of benzene rings is 1. The Bertz CT molecular complexity index is 583. The molecule has 0 saturated carbocycles. The maximum atomic E-state index is 4.40. The van der Waals surface area contributed by atoms with Crippen molar-refractivity contribution < 1.29 is 20.1 Å². The zero-order valence-corrected chi connectivity index (χ0v) is 12.4. The van der Waals surface area contributed by atoms with Gasteiger partial charge in [-0.25, -0.2) is 9.97 Å². The van der Waals surface area contributed by atoms with Crippen LogP contribution in [0.3, 0.4) is 0 Å². The van der Waals surface area contributed by atoms with Gasteiger partial charge in [0.15, 0.2) is 5.82 Å². The Hall–Kier alpha value is -1.90. The van der Waals surface area contributed by atoms with Gasteiger partial charge < -0.3 is 0 Å². The van der Waals surface area contributed by atoms with Gasteiger partial charge in [-0.1, -0.05) is 36.4 Å². The molecule has 3 nitrogen and oxygen atoms in total. The molecule has 0 unspecified atom stereocenters. The van der Waals surface area contributed by atoms with Crippen molar-refractivity contribution in [2.24, 2.45) is 0 Å². The third-order valence-electron chi connectivity index (χ3n) is 2.67. The summed E-state index contributed by atoms with van der Waals surface area (Å²) < 4.78 is 0. The number of aromatic nitrogens is 3. The second-order valence-electron chi connectivity index (χ2n) is 3.84. The van der Waals surface area contributed by atoms with E-state index in [9.17, 15) is 0 Å². The van der Waals surface area contributed by atoms with Crippen LogP contribution in [-0.2, 0) is 20.1 Å². The standard InChI is InChI=1S/C15H11N3.Ir/c1-2-6-12(7-3-1)13-8-4-9-16-14(13)15-17-10-5-11-18-15;/h1-11H;/q;+3. The predicted octanol–water partition coefficient (Wildman–Crippen LogP) is 3.20. The van der Waals surface area contributed by atoms with Gasteiger partial charge in [0.05, 0.1) is 0 Å². The van der Waals surface area contributed by atoms with Crippen LogP contribution in [0.1, 0.15) is 0 Å². The number of hydrogen-bond donors (Lipinski definition) is 0. The fourth-order valence-corrected chi connectivity index (χ4v) is 1.86. The van der Waals surface area contributed by atoms with E-state index < -0.39 is 0 Å². The number of rotatable bonds is 2. The van der Waals surface area contributed by atoms with Gasteiger partial charge in [-0.3, -0.25) is 4.98 Å². The van der Waals surface area contributed by atoms with E-state index in [1.54, 1.807) is 24.7 Å². The van der Waals surface area contributed by atoms with E-state index in [1.807, 2.05) is 30.3 Å². The first-order valence-electron chi connectivity index (χ1n) is 5.73. The normalized spacial score (nSPS) is 9.68. The molecule has 4 heteroatoms. The van der Waals surface area contributed by atoms with E-state index in [-0.39, 0.29) is 20.1 Å². The zero-order valence-electron chi connectivity index (χ0n) is 10.0. The Kier molecular flexibility index (Phi) is 4.50. The summed E-state index contributed by atoms with van der Waals surface area (Å²) in [5.74, 6) is 0.650. The van der Waals surface area contributed by atoms with Crippen molar-refractivity contribution in [2.75, 3.05) is 0 Å². The van der Waals surface area contributed by atoms with Crippen molar-refractivity contribution >= 4 is 0 Å². The van der Waals surface area contributed by atoms with Crippen LogP contribution in [0, 0.1) is 0 Å². The Morgan fingerprint density at radius 1 is 0.632 bits per heavy atom. The molecule has 0 fully saturated rings. The summed E-state index contributed by atoms with van der Waals surface area (Å²) in [7, 11) is 0. The van der Waals surface area contributed by atoms with Gasteiger partial charge in [0.25, 0.3) is 0 Å². The van der Waals surface area contributed by atoms with Gasteiger partial charge >= 0.3 is 20.1 Å². The fraction of sp³-hybridized carbons (Fsp3) is 0. The van der Waals surface area contributed by atoms with Crippen LogP contribution in [0.4, 0.5) is 0 Å². The quantitative estimate of drug-likeness (QED) is 0.633. The van der Waals surface area contributed by atoms with Gasteiger partial charge in [-0.15, -0.1) is 0 Å². The monoisotopic (exact) mass is 426 g/mol. The zero-order chi connectivity index (χ0) is 12.2. The number of nitrogens with zero attached hydrogens (tertiary/aromatic N) is 3. The van der Waals surface area contributed by atoms with Crippen molar-refractivity contribution in [1.82, 2.24) is 15.0 Å². The van der Waals surface area contributed by atoms with Crippen molar-refractivity contribution in [3.63, 3.8) is 0 Å². The summed E-state index contributed by atoms with van der Waals surface area (Å²) in [6.45, 7) is 0. The molecule has 2 aromatic heterocycles. The number of pyridine rings is 1. The molecule has 0 bridgehead atoms. The third-order valence-corrected chi connectivity index (χ3v) is 2.67. The smallest absolute Gasteiger partial charge is 0.252 e. The molecule has 0 aliphatic carbocycles. The van der Waals surface area contributed by atoms with E-state index in [0.29, 0.717) is 5.82 Å². The molecule has 0 radical (unpaired) electrons. The molecule has 2 heterocycles. The Labute approximate surface area is 125 Å². The molecule has 0 saturated heterocycles. The van der Waals surface area contributed by atoms with Crippen LogP contribution in [0.5, 0.6) is 0 Å². The Morgan fingerprint density at radius 2 is 1.32 bits per heavy atom. The average molecular weight is 425 g/mol. The Morgan fingerprint density at radius 3 is 2.05 bits per heavy atom. The fourth-order valence-electron chi connectivity index (χ4n) is 1.86. The minimum Gasteiger partial charge on any atom is -0.252 e. The first-order chi connectivity index (χ1) is 8.95. The van der Waals surface area contributed by atoms with Gasteiger partial charge in [-0.2, -0.15) is 0 Å². The summed E-state index contributed by atoms with van der Waals surface area (Å²) in [4.78, 5) is 12.9. The van der Waals surface area contributed by atoms with E-state index in [1.165, 1.54) is 0 Å². The molecule has 0 aliphatic rings. The van der Waals surface area contributed by atoms with Crippen molar-refractivity contribution in [3.05, 3.63) is 67.1 Å². The van der Waals surface area contributed by atoms with Gasteiger partial charge in [0, 0.05) is 24.2 Å². The maximum Gasteiger partial charge on any atom is 3.00 e. The van der Waals surface area contributed by atoms with Crippen LogP contribution in [0.25, 0.3) is 22.6 Å². The second-order valence-corrected chi connectivity index (χ2v) is 3.84. The third kappa shape index (κ3) is 2.92. The van der Waals surface area contributed by atoms with Crippen molar-refractivity contribution in [3.8, 4) is 22.6 Å². The van der Waals surface area contributed by atoms with Crippen LogP contribution in [0.2, 0.25) is 0 Å². The topological polar surface area (TPSA) is 38.7 Å². The summed E-state index contributed by atoms with van der Waals surface area (Å²) in [6, 6.07) is 15.9. The van der Waals surface area contributed by atoms with Crippen LogP contribution >= 0.6 is 0 Å². The average Bonchev–Trinajstić information content (AvgIpc) is 2.49. The van der Waals surface area contributed by atoms with E-state index in [2.05, 4.69) is 27.1 Å². The molecule has 3 aromatic rings. The molecule has 1 aromatic carbocycles. The molecule has 92 valence electrons. The first-order valence-corrected chi connectivity index (χ1v) is 5.73. The van der Waals surface area contributed by atoms with E-state index in [0.717, 1.165) is 16.8 Å². The largest absolute Gasteiger partial charge is 3.00 e. The van der Waals surface area contributed by atoms with Crippen molar-refractivity contribution in [1.29, 1.82) is 0 Å². The minimum atomic E-state index is 0. The second kappa shape index (κ2) is 6.32. The molecule has 0 N–H and O–H groups in total. The summed E-state index contributed by atoms with van der Waals surface area (Å²) in [6.07, 6.45) is 5.22. The molecule has 0 atom stereocenters. The molecule has 19 heavy (non-hydrogen) atoms. The summed E-state index contributed by atoms with van der Waals surface area (Å²) >= 11 is 0. The molecule has 0 aliphatic heterocycles. The van der Waals surface area contributed by atoms with E-state index >= 15 is 0 Å². The summed E-state index contributed by atoms with van der Waals surface area (Å²) in [5.41, 5.74) is 2.97. The Balaban J connectivity index is 0.00000133. The molecule has 3 rings (SSSR count). The van der Waals surface area contributed by atoms with Gasteiger partial charge in [-0.05, 0) is 17.7 Å². The maximum absolute atomic E-state index is 4.40. The summed E-state index contributed by atoms with van der Waals surface area (Å²) in [5, 5.41) is 0. The van der Waals surface area contributed by atoms with Crippen molar-refractivity contribution in [2.45, 2.75) is 0 Å². The minimum absolute atomic E-state index is 0. The van der Waals surface area contributed by atoms with Gasteiger partial charge in [0.1, 0.15) is 5.69 Å². The van der Waals surface area contributed by atoms with Crippen LogP contribution in [0.15, 0.2) is 67.1 Å². The molecular weight excluding hydrogens is 414 g/mol. The molecule has 0 amide bonds. The predicted molar refractivity (Wildman–Crippen MR) is 70.7 cm³/mol. The SMILES string of the molecule is [Ir+3].c1ccc(-c2cccnc2-c2ncccn2)cc1. The van der Waals surface area contributed by atoms with Gasteiger partial charge in [0.2, 0.25) is 0 Å². The molecular formula is C15H11IrN3+3. The van der Waals surface area contributed by atoms with E-state index in [4.69, 9.17) is 0 Å². The first kappa shape index (κ1) is 13.5. The number of hydrogen-bond acceptors (Lipinski definition) is 3. The van der Waals surface area contributed by atoms with Crippen LogP contribution in [-0.4, -0.2) is 15.0 Å².